The van der Waals surface area contributed by atoms with Crippen molar-refractivity contribution in [3.63, 3.8) is 0 Å². The molecule has 1 atom stereocenters. The van der Waals surface area contributed by atoms with E-state index in [1.165, 1.54) is 24.4 Å². The van der Waals surface area contributed by atoms with Gasteiger partial charge in [0.1, 0.15) is 25.2 Å². The lowest BCUT2D eigenvalue weighted by Gasteiger charge is -2.22. The Labute approximate surface area is 190 Å². The van der Waals surface area contributed by atoms with E-state index in [1.807, 2.05) is 0 Å². The Morgan fingerprint density at radius 2 is 2.03 bits per heavy atom. The minimum Gasteiger partial charge on any atom is -0.394 e. The molecule has 2 aromatic heterocycles. The molecule has 0 unspecified atom stereocenters. The number of aromatic nitrogens is 2. The van der Waals surface area contributed by atoms with Crippen LogP contribution in [0.2, 0.25) is 10.0 Å². The summed E-state index contributed by atoms with van der Waals surface area (Å²) in [7, 11) is 5.97. The molecule has 4 N–H and O–H groups in total. The SMILES string of the molecule is [B]C(C)(C)Nc1cc(-c2c[nH]c(C(=O)N[C@H](CO)c3ccc(F)c(Cl)c3)c2)c(Cl)cn1. The van der Waals surface area contributed by atoms with Crippen molar-refractivity contribution in [3.8, 4) is 11.1 Å². The van der Waals surface area contributed by atoms with Crippen molar-refractivity contribution in [3.05, 3.63) is 69.8 Å². The molecule has 2 radical (unpaired) electrons. The van der Waals surface area contributed by atoms with Gasteiger partial charge in [-0.25, -0.2) is 9.37 Å². The van der Waals surface area contributed by atoms with Crippen LogP contribution in [0.1, 0.15) is 35.9 Å². The van der Waals surface area contributed by atoms with Crippen LogP contribution in [0.4, 0.5) is 10.2 Å². The fourth-order valence-corrected chi connectivity index (χ4v) is 3.34. The molecule has 2 heterocycles. The molecule has 10 heteroatoms. The van der Waals surface area contributed by atoms with Gasteiger partial charge in [0.05, 0.1) is 22.7 Å². The Kier molecular flexibility index (Phi) is 6.94. The van der Waals surface area contributed by atoms with Gasteiger partial charge in [-0.05, 0) is 35.3 Å². The first kappa shape index (κ1) is 23.1. The molecule has 1 aromatic carbocycles. The Bertz CT molecular complexity index is 1100. The number of hydrogen-bond acceptors (Lipinski definition) is 4. The molecule has 1 amide bonds. The summed E-state index contributed by atoms with van der Waals surface area (Å²) in [6.45, 7) is 3.21. The summed E-state index contributed by atoms with van der Waals surface area (Å²) < 4.78 is 13.4. The van der Waals surface area contributed by atoms with Crippen molar-refractivity contribution >= 4 is 42.8 Å². The molecule has 0 aliphatic heterocycles. The second kappa shape index (κ2) is 9.30. The fraction of sp³-hybridized carbons (Fsp3) is 0.238. The number of aliphatic hydroxyl groups excluding tert-OH is 1. The first-order chi connectivity index (χ1) is 14.6. The van der Waals surface area contributed by atoms with Crippen molar-refractivity contribution in [2.75, 3.05) is 11.9 Å². The van der Waals surface area contributed by atoms with Crippen LogP contribution >= 0.6 is 23.2 Å². The van der Waals surface area contributed by atoms with E-state index >= 15 is 0 Å². The summed E-state index contributed by atoms with van der Waals surface area (Å²) in [5.74, 6) is -0.506. The molecule has 0 saturated heterocycles. The lowest BCUT2D eigenvalue weighted by molar-refractivity contribution is 0.0911. The first-order valence-electron chi connectivity index (χ1n) is 9.35. The van der Waals surface area contributed by atoms with Crippen molar-refractivity contribution < 1.29 is 14.3 Å². The van der Waals surface area contributed by atoms with Crippen LogP contribution in [0, 0.1) is 5.82 Å². The molecule has 3 aromatic rings. The van der Waals surface area contributed by atoms with Gasteiger partial charge >= 0.3 is 0 Å². The molecule has 0 bridgehead atoms. The van der Waals surface area contributed by atoms with Crippen LogP contribution in [-0.2, 0) is 0 Å². The molecule has 3 rings (SSSR count). The molecule has 0 spiro atoms. The maximum Gasteiger partial charge on any atom is 0.268 e. The molecule has 0 aliphatic rings. The lowest BCUT2D eigenvalue weighted by Crippen LogP contribution is -2.31. The van der Waals surface area contributed by atoms with Gasteiger partial charge in [0.2, 0.25) is 0 Å². The Morgan fingerprint density at radius 1 is 1.29 bits per heavy atom. The number of pyridine rings is 1. The zero-order valence-electron chi connectivity index (χ0n) is 16.8. The summed E-state index contributed by atoms with van der Waals surface area (Å²) in [6, 6.07) is 6.59. The zero-order chi connectivity index (χ0) is 22.8. The first-order valence-corrected chi connectivity index (χ1v) is 10.1. The maximum atomic E-state index is 13.4. The largest absolute Gasteiger partial charge is 0.394 e. The number of aliphatic hydroxyl groups is 1. The highest BCUT2D eigenvalue weighted by atomic mass is 35.5. The predicted molar refractivity (Wildman–Crippen MR) is 121 cm³/mol. The highest BCUT2D eigenvalue weighted by molar-refractivity contribution is 6.33. The van der Waals surface area contributed by atoms with Crippen LogP contribution in [0.15, 0.2) is 42.7 Å². The van der Waals surface area contributed by atoms with Gasteiger partial charge in [0.15, 0.2) is 0 Å². The van der Waals surface area contributed by atoms with Gasteiger partial charge < -0.3 is 20.7 Å². The number of nitrogens with zero attached hydrogens (tertiary/aromatic N) is 1. The van der Waals surface area contributed by atoms with Crippen molar-refractivity contribution in [2.45, 2.75) is 25.3 Å². The average Bonchev–Trinajstić information content (AvgIpc) is 3.18. The number of amides is 1. The van der Waals surface area contributed by atoms with Crippen LogP contribution in [-0.4, -0.2) is 40.9 Å². The number of anilines is 1. The molecule has 0 fully saturated rings. The second-order valence-corrected chi connectivity index (χ2v) is 8.39. The van der Waals surface area contributed by atoms with E-state index in [-0.39, 0.29) is 17.3 Å². The molecular formula is C21H20BCl2FN4O2. The quantitative estimate of drug-likeness (QED) is 0.395. The number of benzene rings is 1. The van der Waals surface area contributed by atoms with Gasteiger partial charge in [-0.3, -0.25) is 4.79 Å². The normalized spacial score (nSPS) is 12.5. The highest BCUT2D eigenvalue weighted by Gasteiger charge is 2.19. The van der Waals surface area contributed by atoms with E-state index in [2.05, 4.69) is 20.6 Å². The summed E-state index contributed by atoms with van der Waals surface area (Å²) in [5, 5.41) is 15.7. The molecule has 6 nitrogen and oxygen atoms in total. The standard InChI is InChI=1S/C21H20BCl2FN4O2/c1-21(2,22)29-19-7-13(15(24)9-27-19)12-6-17(26-8-12)20(31)28-18(10-30)11-3-4-16(25)14(23)5-11/h3-9,18,26,30H,10H2,1-2H3,(H,27,29)(H,28,31)/t18-/m1/s1. The van der Waals surface area contributed by atoms with Gasteiger partial charge in [-0.15, -0.1) is 0 Å². The van der Waals surface area contributed by atoms with E-state index in [0.29, 0.717) is 27.5 Å². The van der Waals surface area contributed by atoms with E-state index in [1.54, 1.807) is 32.2 Å². The van der Waals surface area contributed by atoms with E-state index in [0.717, 1.165) is 0 Å². The van der Waals surface area contributed by atoms with Crippen molar-refractivity contribution in [2.24, 2.45) is 0 Å². The van der Waals surface area contributed by atoms with Gasteiger partial charge in [-0.1, -0.05) is 43.1 Å². The van der Waals surface area contributed by atoms with Crippen LogP contribution < -0.4 is 10.6 Å². The smallest absolute Gasteiger partial charge is 0.268 e. The molecular weight excluding hydrogens is 441 g/mol. The molecule has 0 aliphatic carbocycles. The van der Waals surface area contributed by atoms with Gasteiger partial charge in [0.25, 0.3) is 5.91 Å². The zero-order valence-corrected chi connectivity index (χ0v) is 18.4. The lowest BCUT2D eigenvalue weighted by atomic mass is 9.82. The third-order valence-electron chi connectivity index (χ3n) is 4.38. The van der Waals surface area contributed by atoms with E-state index < -0.39 is 23.2 Å². The van der Waals surface area contributed by atoms with Gasteiger partial charge in [0, 0.05) is 23.5 Å². The number of carbonyl (C=O) groups excluding carboxylic acids is 1. The maximum absolute atomic E-state index is 13.4. The van der Waals surface area contributed by atoms with Gasteiger partial charge in [-0.2, -0.15) is 0 Å². The Balaban J connectivity index is 1.80. The van der Waals surface area contributed by atoms with Crippen molar-refractivity contribution in [1.82, 2.24) is 15.3 Å². The molecule has 0 saturated carbocycles. The van der Waals surface area contributed by atoms with E-state index in [9.17, 15) is 14.3 Å². The van der Waals surface area contributed by atoms with Crippen LogP contribution in [0.5, 0.6) is 0 Å². The average molecular weight is 461 g/mol. The molecule has 160 valence electrons. The Morgan fingerprint density at radius 3 is 2.68 bits per heavy atom. The number of rotatable bonds is 7. The van der Waals surface area contributed by atoms with E-state index in [4.69, 9.17) is 31.0 Å². The number of halogens is 3. The van der Waals surface area contributed by atoms with Crippen LogP contribution in [0.3, 0.4) is 0 Å². The predicted octanol–water partition coefficient (Wildman–Crippen LogP) is 4.30. The summed E-state index contributed by atoms with van der Waals surface area (Å²) in [6.07, 6.45) is 3.13. The fourth-order valence-electron chi connectivity index (χ4n) is 2.94. The third kappa shape index (κ3) is 5.78. The minimum atomic E-state index is -0.760. The third-order valence-corrected chi connectivity index (χ3v) is 4.97. The second-order valence-electron chi connectivity index (χ2n) is 7.58. The Hall–Kier alpha value is -2.55. The number of carbonyl (C=O) groups is 1. The number of aromatic amines is 1. The summed E-state index contributed by atoms with van der Waals surface area (Å²) in [4.78, 5) is 19.8. The minimum absolute atomic E-state index is 0.0928. The summed E-state index contributed by atoms with van der Waals surface area (Å²) in [5.41, 5.74) is 1.38. The number of H-pyrrole nitrogens is 1. The van der Waals surface area contributed by atoms with Crippen molar-refractivity contribution in [1.29, 1.82) is 0 Å². The monoisotopic (exact) mass is 460 g/mol. The highest BCUT2D eigenvalue weighted by Crippen LogP contribution is 2.30. The molecule has 31 heavy (non-hydrogen) atoms. The number of nitrogens with one attached hydrogen (secondary N) is 3. The number of hydrogen-bond donors (Lipinski definition) is 4. The topological polar surface area (TPSA) is 90.0 Å². The summed E-state index contributed by atoms with van der Waals surface area (Å²) >= 11 is 12.1. The van der Waals surface area contributed by atoms with Crippen LogP contribution in [0.25, 0.3) is 11.1 Å².